The molecule has 1 aromatic carbocycles. The summed E-state index contributed by atoms with van der Waals surface area (Å²) in [6.07, 6.45) is 3.49. The van der Waals surface area contributed by atoms with Gasteiger partial charge < -0.3 is 9.88 Å². The molecule has 170 valence electrons. The number of aromatic nitrogens is 4. The van der Waals surface area contributed by atoms with Crippen LogP contribution in [0.15, 0.2) is 46.2 Å². The molecule has 0 fully saturated rings. The van der Waals surface area contributed by atoms with E-state index in [9.17, 15) is 4.79 Å². The first kappa shape index (κ1) is 22.3. The molecule has 1 unspecified atom stereocenters. The van der Waals surface area contributed by atoms with Crippen LogP contribution in [0.2, 0.25) is 0 Å². The summed E-state index contributed by atoms with van der Waals surface area (Å²) in [6.45, 7) is 5.18. The molecule has 1 N–H and O–H groups in total. The number of thioether (sulfide) groups is 1. The van der Waals surface area contributed by atoms with Crippen molar-refractivity contribution in [2.24, 2.45) is 5.92 Å². The van der Waals surface area contributed by atoms with Crippen LogP contribution in [0.4, 0.5) is 5.13 Å². The van der Waals surface area contributed by atoms with Crippen LogP contribution in [0.5, 0.6) is 0 Å². The van der Waals surface area contributed by atoms with Gasteiger partial charge >= 0.3 is 0 Å². The number of amides is 1. The average Bonchev–Trinajstić information content (AvgIpc) is 3.55. The van der Waals surface area contributed by atoms with Crippen LogP contribution in [0, 0.1) is 5.92 Å². The summed E-state index contributed by atoms with van der Waals surface area (Å²) >= 11 is 4.69. The highest BCUT2D eigenvalue weighted by atomic mass is 32.2. The van der Waals surface area contributed by atoms with Crippen molar-refractivity contribution in [3.05, 3.63) is 51.5 Å². The molecule has 3 heterocycles. The molecule has 1 aliphatic rings. The Kier molecular flexibility index (Phi) is 6.62. The van der Waals surface area contributed by atoms with Gasteiger partial charge in [0.15, 0.2) is 16.1 Å². The summed E-state index contributed by atoms with van der Waals surface area (Å²) in [6, 6.07) is 9.96. The second-order valence-corrected chi connectivity index (χ2v) is 11.0. The van der Waals surface area contributed by atoms with Crippen LogP contribution in [0.1, 0.15) is 30.7 Å². The van der Waals surface area contributed by atoms with Gasteiger partial charge in [-0.2, -0.15) is 0 Å². The topological polar surface area (TPSA) is 72.7 Å². The first-order valence-corrected chi connectivity index (χ1v) is 13.8. The molecule has 0 saturated heterocycles. The fraction of sp³-hybridized carbons (Fsp3) is 0.333. The Bertz CT molecular complexity index is 1260. The molecule has 4 aromatic rings. The molecule has 0 radical (unpaired) electrons. The van der Waals surface area contributed by atoms with Gasteiger partial charge in [-0.3, -0.25) is 4.79 Å². The van der Waals surface area contributed by atoms with E-state index in [1.807, 2.05) is 47.0 Å². The Hall–Kier alpha value is -2.49. The van der Waals surface area contributed by atoms with Gasteiger partial charge in [0.1, 0.15) is 0 Å². The summed E-state index contributed by atoms with van der Waals surface area (Å²) < 4.78 is 2.12. The molecular weight excluding hydrogens is 470 g/mol. The number of carbonyl (C=O) groups excluding carboxylic acids is 1. The predicted octanol–water partition coefficient (Wildman–Crippen LogP) is 6.01. The number of carbonyl (C=O) groups is 1. The van der Waals surface area contributed by atoms with Crippen LogP contribution < -0.4 is 5.32 Å². The maximum atomic E-state index is 12.6. The highest BCUT2D eigenvalue weighted by Gasteiger charge is 2.24. The molecule has 0 saturated carbocycles. The summed E-state index contributed by atoms with van der Waals surface area (Å²) in [5.41, 5.74) is 4.56. The van der Waals surface area contributed by atoms with Gasteiger partial charge in [-0.25, -0.2) is 4.98 Å². The van der Waals surface area contributed by atoms with E-state index in [0.717, 1.165) is 47.5 Å². The van der Waals surface area contributed by atoms with Gasteiger partial charge in [0.2, 0.25) is 5.91 Å². The molecule has 0 bridgehead atoms. The molecule has 1 amide bonds. The minimum atomic E-state index is -0.0944. The van der Waals surface area contributed by atoms with Crippen molar-refractivity contribution in [1.82, 2.24) is 19.7 Å². The molecule has 0 aliphatic heterocycles. The Morgan fingerprint density at radius 1 is 1.21 bits per heavy atom. The molecule has 5 rings (SSSR count). The van der Waals surface area contributed by atoms with E-state index in [-0.39, 0.29) is 11.7 Å². The van der Waals surface area contributed by atoms with Crippen molar-refractivity contribution in [3.8, 4) is 22.6 Å². The van der Waals surface area contributed by atoms with E-state index >= 15 is 0 Å². The number of benzene rings is 1. The standard InChI is InChI=1S/C24H25N5OS3/c1-3-29-22(18-12-31-20-11-15(2)9-10-17(18)20)27-28-24(29)33-14-21(30)26-23-25-19(13-32-23)16-7-5-4-6-8-16/h4-8,12-13,15H,3,9-11,14H2,1-2H3,(H,25,26,30). The van der Waals surface area contributed by atoms with Crippen LogP contribution in [-0.2, 0) is 24.2 Å². The van der Waals surface area contributed by atoms with E-state index in [0.29, 0.717) is 5.13 Å². The Morgan fingerprint density at radius 2 is 2.06 bits per heavy atom. The third-order valence-corrected chi connectivity index (χ3v) is 8.60. The second-order valence-electron chi connectivity index (χ2n) is 8.19. The van der Waals surface area contributed by atoms with Gasteiger partial charge in [0, 0.05) is 33.3 Å². The number of nitrogens with one attached hydrogen (secondary N) is 1. The third kappa shape index (κ3) is 4.76. The number of rotatable bonds is 7. The number of anilines is 1. The van der Waals surface area contributed by atoms with Crippen molar-refractivity contribution in [1.29, 1.82) is 0 Å². The second kappa shape index (κ2) is 9.79. The van der Waals surface area contributed by atoms with E-state index in [4.69, 9.17) is 0 Å². The minimum Gasteiger partial charge on any atom is -0.302 e. The van der Waals surface area contributed by atoms with Gasteiger partial charge in [0.25, 0.3) is 0 Å². The highest BCUT2D eigenvalue weighted by Crippen LogP contribution is 2.38. The number of hydrogen-bond donors (Lipinski definition) is 1. The number of thiophene rings is 1. The quantitative estimate of drug-likeness (QED) is 0.318. The fourth-order valence-corrected chi connectivity index (χ4v) is 6.88. The normalized spacial score (nSPS) is 15.4. The molecular formula is C24H25N5OS3. The van der Waals surface area contributed by atoms with Gasteiger partial charge in [0.05, 0.1) is 11.4 Å². The van der Waals surface area contributed by atoms with Crippen molar-refractivity contribution in [2.75, 3.05) is 11.1 Å². The van der Waals surface area contributed by atoms with E-state index < -0.39 is 0 Å². The predicted molar refractivity (Wildman–Crippen MR) is 137 cm³/mol. The molecule has 3 aromatic heterocycles. The molecule has 0 spiro atoms. The summed E-state index contributed by atoms with van der Waals surface area (Å²) in [4.78, 5) is 18.6. The largest absolute Gasteiger partial charge is 0.302 e. The van der Waals surface area contributed by atoms with Crippen molar-refractivity contribution >= 4 is 45.5 Å². The summed E-state index contributed by atoms with van der Waals surface area (Å²) in [5.74, 6) is 1.83. The smallest absolute Gasteiger partial charge is 0.236 e. The van der Waals surface area contributed by atoms with E-state index in [1.165, 1.54) is 45.5 Å². The molecule has 6 nitrogen and oxygen atoms in total. The highest BCUT2D eigenvalue weighted by molar-refractivity contribution is 7.99. The zero-order valence-electron chi connectivity index (χ0n) is 18.6. The van der Waals surface area contributed by atoms with Crippen molar-refractivity contribution < 1.29 is 4.79 Å². The van der Waals surface area contributed by atoms with Crippen LogP contribution >= 0.6 is 34.4 Å². The monoisotopic (exact) mass is 495 g/mol. The van der Waals surface area contributed by atoms with Crippen LogP contribution in [-0.4, -0.2) is 31.4 Å². The molecule has 9 heteroatoms. The average molecular weight is 496 g/mol. The molecule has 33 heavy (non-hydrogen) atoms. The zero-order chi connectivity index (χ0) is 22.8. The van der Waals surface area contributed by atoms with E-state index in [2.05, 4.69) is 44.3 Å². The van der Waals surface area contributed by atoms with Crippen LogP contribution in [0.3, 0.4) is 0 Å². The maximum Gasteiger partial charge on any atom is 0.236 e. The summed E-state index contributed by atoms with van der Waals surface area (Å²) in [5, 5.41) is 17.4. The first-order chi connectivity index (χ1) is 16.1. The number of fused-ring (bicyclic) bond motifs is 1. The minimum absolute atomic E-state index is 0.0944. The zero-order valence-corrected chi connectivity index (χ0v) is 21.0. The Labute approximate surface area is 205 Å². The van der Waals surface area contributed by atoms with Gasteiger partial charge in [-0.15, -0.1) is 32.9 Å². The third-order valence-electron chi connectivity index (χ3n) is 5.83. The van der Waals surface area contributed by atoms with Crippen molar-refractivity contribution in [3.63, 3.8) is 0 Å². The number of nitrogens with zero attached hydrogens (tertiary/aromatic N) is 4. The number of hydrogen-bond acceptors (Lipinski definition) is 7. The lowest BCUT2D eigenvalue weighted by Crippen LogP contribution is -2.14. The Morgan fingerprint density at radius 3 is 2.88 bits per heavy atom. The maximum absolute atomic E-state index is 12.6. The van der Waals surface area contributed by atoms with E-state index in [1.54, 1.807) is 0 Å². The molecule has 1 aliphatic carbocycles. The van der Waals surface area contributed by atoms with Gasteiger partial charge in [-0.1, -0.05) is 49.0 Å². The Balaban J connectivity index is 1.25. The SMILES string of the molecule is CCn1c(SCC(=O)Nc2nc(-c3ccccc3)cs2)nnc1-c1csc2c1CCC(C)C2. The first-order valence-electron chi connectivity index (χ1n) is 11.1. The molecule has 1 atom stereocenters. The number of thiazole rings is 1. The fourth-order valence-electron chi connectivity index (χ4n) is 4.10. The lowest BCUT2D eigenvalue weighted by molar-refractivity contribution is -0.113. The lowest BCUT2D eigenvalue weighted by Gasteiger charge is -2.19. The lowest BCUT2D eigenvalue weighted by atomic mass is 9.88. The summed E-state index contributed by atoms with van der Waals surface area (Å²) in [7, 11) is 0. The van der Waals surface area contributed by atoms with Crippen LogP contribution in [0.25, 0.3) is 22.6 Å². The van der Waals surface area contributed by atoms with Gasteiger partial charge in [-0.05, 0) is 37.7 Å². The van der Waals surface area contributed by atoms with Crippen molar-refractivity contribution in [2.45, 2.75) is 44.8 Å².